The molecule has 1 radical (unpaired) electrons. The maximum Gasteiger partial charge on any atom is 0.0647 e. The third-order valence-electron chi connectivity index (χ3n) is 5.90. The van der Waals surface area contributed by atoms with Crippen molar-refractivity contribution >= 4 is 16.9 Å². The summed E-state index contributed by atoms with van der Waals surface area (Å²) in [6, 6.07) is 12.9. The van der Waals surface area contributed by atoms with Crippen molar-refractivity contribution < 1.29 is 42.9 Å². The van der Waals surface area contributed by atoms with Crippen LogP contribution >= 0.6 is 11.3 Å². The number of allylic oxidation sites excluding steroid dienone is 1. The van der Waals surface area contributed by atoms with Crippen LogP contribution in [0.4, 0.5) is 0 Å². The number of aliphatic hydroxyl groups excluding tert-OH is 2. The van der Waals surface area contributed by atoms with E-state index in [1.807, 2.05) is 6.07 Å². The van der Waals surface area contributed by atoms with Gasteiger partial charge in [-0.05, 0) is 60.3 Å². The summed E-state index contributed by atoms with van der Waals surface area (Å²) in [6.45, 7) is 2.33. The zero-order chi connectivity index (χ0) is 19.8. The molecule has 1 aromatic carbocycles. The first-order valence-electron chi connectivity index (χ1n) is 10.8. The zero-order valence-electron chi connectivity index (χ0n) is 17.6. The molecule has 0 aliphatic heterocycles. The van der Waals surface area contributed by atoms with Crippen molar-refractivity contribution in [3.05, 3.63) is 63.4 Å². The van der Waals surface area contributed by atoms with Crippen molar-refractivity contribution in [2.75, 3.05) is 6.61 Å². The van der Waals surface area contributed by atoms with Gasteiger partial charge in [0.2, 0.25) is 0 Å². The van der Waals surface area contributed by atoms with E-state index in [2.05, 4.69) is 42.6 Å². The Bertz CT molecular complexity index is 737. The van der Waals surface area contributed by atoms with Gasteiger partial charge in [0, 0.05) is 32.7 Å². The Morgan fingerprint density at radius 1 is 1.17 bits per heavy atom. The molecule has 4 heteroatoms. The van der Waals surface area contributed by atoms with Gasteiger partial charge in [0.25, 0.3) is 0 Å². The molecule has 1 heterocycles. The largest absolute Gasteiger partial charge is 0.393 e. The molecule has 0 bridgehead atoms. The minimum absolute atomic E-state index is 0. The molecule has 0 fully saturated rings. The van der Waals surface area contributed by atoms with Crippen molar-refractivity contribution in [2.24, 2.45) is 5.92 Å². The van der Waals surface area contributed by atoms with E-state index in [0.29, 0.717) is 5.92 Å². The molecule has 155 valence electrons. The molecule has 1 aliphatic rings. The van der Waals surface area contributed by atoms with Gasteiger partial charge in [-0.25, -0.2) is 6.07 Å². The second-order valence-corrected chi connectivity index (χ2v) is 8.98. The van der Waals surface area contributed by atoms with Gasteiger partial charge in [0.15, 0.2) is 0 Å². The Morgan fingerprint density at radius 3 is 2.62 bits per heavy atom. The van der Waals surface area contributed by atoms with E-state index in [-0.39, 0.29) is 45.4 Å². The maximum absolute atomic E-state index is 10.2. The fourth-order valence-electron chi connectivity index (χ4n) is 4.37. The van der Waals surface area contributed by atoms with E-state index in [1.54, 1.807) is 11.3 Å². The number of thiophene rings is 1. The monoisotopic (exact) mass is 486 g/mol. The van der Waals surface area contributed by atoms with Gasteiger partial charge in [0.1, 0.15) is 0 Å². The SMILES string of the molecule is CCCCC(O)Cc1ccc(C2=C(CO)CC[C@@H]2CCCc2cc[c-]s2)cc1.[Y]. The molecule has 2 aromatic rings. The molecule has 2 atom stereocenters. The van der Waals surface area contributed by atoms with Gasteiger partial charge >= 0.3 is 0 Å². The number of aryl methyl sites for hydroxylation is 1. The average molecular weight is 487 g/mol. The number of aliphatic hydroxyl groups is 2. The summed E-state index contributed by atoms with van der Waals surface area (Å²) in [5.74, 6) is 0.548. The summed E-state index contributed by atoms with van der Waals surface area (Å²) in [5, 5.41) is 23.2. The molecule has 0 saturated heterocycles. The van der Waals surface area contributed by atoms with E-state index in [1.165, 1.54) is 40.0 Å². The quantitative estimate of drug-likeness (QED) is 0.393. The predicted octanol–water partition coefficient (Wildman–Crippen LogP) is 5.82. The summed E-state index contributed by atoms with van der Waals surface area (Å²) < 4.78 is 0. The molecule has 1 unspecified atom stereocenters. The fraction of sp³-hybridized carbons (Fsp3) is 0.520. The Morgan fingerprint density at radius 2 is 1.97 bits per heavy atom. The van der Waals surface area contributed by atoms with Crippen molar-refractivity contribution in [1.82, 2.24) is 0 Å². The summed E-state index contributed by atoms with van der Waals surface area (Å²) >= 11 is 1.72. The standard InChI is InChI=1S/C25H33O2S.Y/c1-2-3-7-23(27)17-19-10-12-21(13-11-19)25-20(14-15-22(25)18-26)6-4-8-24-9-5-16-28-24;/h5,9-13,20,23,26-27H,2-4,6-8,14-15,17-18H2,1H3;/q-1;/t20-,23?;/m0./s1. The predicted molar refractivity (Wildman–Crippen MR) is 119 cm³/mol. The Balaban J connectivity index is 0.00000300. The van der Waals surface area contributed by atoms with Gasteiger partial charge in [0.05, 0.1) is 12.7 Å². The van der Waals surface area contributed by atoms with Crippen LogP contribution in [-0.4, -0.2) is 22.9 Å². The van der Waals surface area contributed by atoms with E-state index in [9.17, 15) is 10.2 Å². The number of benzene rings is 1. The van der Waals surface area contributed by atoms with Crippen LogP contribution in [0.15, 0.2) is 42.0 Å². The molecule has 1 aromatic heterocycles. The molecular formula is C25H33O2SY-. The first-order chi connectivity index (χ1) is 13.7. The van der Waals surface area contributed by atoms with Crippen LogP contribution in [0.2, 0.25) is 0 Å². The van der Waals surface area contributed by atoms with Crippen LogP contribution in [0, 0.1) is 11.3 Å². The summed E-state index contributed by atoms with van der Waals surface area (Å²) in [4.78, 5) is 1.41. The van der Waals surface area contributed by atoms with E-state index in [0.717, 1.165) is 44.9 Å². The Labute approximate surface area is 205 Å². The minimum Gasteiger partial charge on any atom is -0.393 e. The summed E-state index contributed by atoms with van der Waals surface area (Å²) in [7, 11) is 0. The van der Waals surface area contributed by atoms with Crippen LogP contribution in [0.5, 0.6) is 0 Å². The molecule has 0 spiro atoms. The molecule has 0 amide bonds. The van der Waals surface area contributed by atoms with E-state index < -0.39 is 0 Å². The summed E-state index contributed by atoms with van der Waals surface area (Å²) in [5.41, 5.74) is 5.04. The Hall–Kier alpha value is -0.316. The number of rotatable bonds is 11. The minimum atomic E-state index is -0.244. The molecule has 2 nitrogen and oxygen atoms in total. The van der Waals surface area contributed by atoms with Gasteiger partial charge in [-0.15, -0.1) is 10.3 Å². The fourth-order valence-corrected chi connectivity index (χ4v) is 5.04. The van der Waals surface area contributed by atoms with Crippen LogP contribution in [-0.2, 0) is 45.6 Å². The zero-order valence-corrected chi connectivity index (χ0v) is 21.2. The van der Waals surface area contributed by atoms with Crippen molar-refractivity contribution in [2.45, 2.75) is 70.8 Å². The van der Waals surface area contributed by atoms with Crippen LogP contribution in [0.3, 0.4) is 0 Å². The third kappa shape index (κ3) is 7.40. The van der Waals surface area contributed by atoms with E-state index in [4.69, 9.17) is 0 Å². The van der Waals surface area contributed by atoms with Gasteiger partial charge in [-0.3, -0.25) is 0 Å². The molecule has 0 saturated carbocycles. The number of unbranched alkanes of at least 4 members (excludes halogenated alkanes) is 1. The normalized spacial score (nSPS) is 17.4. The second-order valence-electron chi connectivity index (χ2n) is 8.02. The second kappa shape index (κ2) is 13.2. The van der Waals surface area contributed by atoms with Crippen LogP contribution < -0.4 is 0 Å². The molecule has 2 N–H and O–H groups in total. The average Bonchev–Trinajstić information content (AvgIpc) is 3.37. The third-order valence-corrected chi connectivity index (χ3v) is 6.76. The first kappa shape index (κ1) is 24.9. The van der Waals surface area contributed by atoms with Gasteiger partial charge < -0.3 is 21.5 Å². The molecular weight excluding hydrogens is 453 g/mol. The molecule has 1 aliphatic carbocycles. The summed E-state index contributed by atoms with van der Waals surface area (Å²) in [6.07, 6.45) is 9.22. The van der Waals surface area contributed by atoms with E-state index >= 15 is 0 Å². The van der Waals surface area contributed by atoms with Crippen molar-refractivity contribution in [1.29, 1.82) is 0 Å². The van der Waals surface area contributed by atoms with Gasteiger partial charge in [-0.2, -0.15) is 6.07 Å². The maximum atomic E-state index is 10.2. The first-order valence-corrected chi connectivity index (χ1v) is 11.6. The molecule has 3 rings (SSSR count). The van der Waals surface area contributed by atoms with Gasteiger partial charge in [-0.1, -0.05) is 56.9 Å². The topological polar surface area (TPSA) is 40.5 Å². The van der Waals surface area contributed by atoms with Crippen molar-refractivity contribution in [3.63, 3.8) is 0 Å². The smallest absolute Gasteiger partial charge is 0.0647 e. The Kier molecular flexibility index (Phi) is 11.3. The molecule has 29 heavy (non-hydrogen) atoms. The van der Waals surface area contributed by atoms with Crippen LogP contribution in [0.1, 0.15) is 67.9 Å². The number of hydrogen-bond donors (Lipinski definition) is 2. The van der Waals surface area contributed by atoms with Crippen molar-refractivity contribution in [3.8, 4) is 0 Å². The number of hydrogen-bond acceptors (Lipinski definition) is 3. The van der Waals surface area contributed by atoms with Crippen LogP contribution in [0.25, 0.3) is 5.57 Å².